The summed E-state index contributed by atoms with van der Waals surface area (Å²) in [5.41, 5.74) is 1.40. The molecule has 12 heteroatoms. The highest BCUT2D eigenvalue weighted by Crippen LogP contribution is 2.34. The predicted molar refractivity (Wildman–Crippen MR) is 191 cm³/mol. The van der Waals surface area contributed by atoms with Crippen molar-refractivity contribution in [2.45, 2.75) is 57.1 Å². The van der Waals surface area contributed by atoms with Crippen molar-refractivity contribution >= 4 is 73.9 Å². The van der Waals surface area contributed by atoms with Gasteiger partial charge in [-0.3, -0.25) is 13.9 Å². The zero-order chi connectivity index (χ0) is 34.5. The quantitative estimate of drug-likeness (QED) is 0.168. The minimum absolute atomic E-state index is 0.00238. The molecule has 4 rings (SSSR count). The van der Waals surface area contributed by atoms with Crippen LogP contribution in [0.4, 0.5) is 5.69 Å². The number of benzene rings is 4. The number of amides is 2. The molecule has 1 atom stereocenters. The van der Waals surface area contributed by atoms with E-state index in [1.807, 2.05) is 58.0 Å². The molecule has 0 aliphatic carbocycles. The normalized spacial score (nSPS) is 12.3. The summed E-state index contributed by atoms with van der Waals surface area (Å²) in [6.45, 7) is 6.43. The second-order valence-corrected chi connectivity index (χ2v) is 15.6. The molecule has 0 aromatic heterocycles. The largest absolute Gasteiger partial charge is 0.350 e. The van der Waals surface area contributed by atoms with E-state index in [-0.39, 0.29) is 43.6 Å². The van der Waals surface area contributed by atoms with Crippen LogP contribution in [0.15, 0.2) is 95.9 Å². The SMILES string of the molecule is Cc1ccc(S(=O)(=O)N(CC(=O)N(Cc2c(Cl)cccc2Cl)[C@@H](Cc2ccccc2)C(=O)NC(C)(C)C)c2cc(Cl)ccc2Cl)cc1. The molecule has 0 heterocycles. The van der Waals surface area contributed by atoms with Gasteiger partial charge in [0.05, 0.1) is 15.6 Å². The van der Waals surface area contributed by atoms with Crippen LogP contribution in [-0.2, 0) is 32.6 Å². The number of nitrogens with one attached hydrogen (secondary N) is 1. The number of carbonyl (C=O) groups is 2. The molecule has 7 nitrogen and oxygen atoms in total. The monoisotopic (exact) mass is 733 g/mol. The lowest BCUT2D eigenvalue weighted by Crippen LogP contribution is -2.56. The van der Waals surface area contributed by atoms with Gasteiger partial charge in [-0.25, -0.2) is 8.42 Å². The molecular formula is C35H35Cl4N3O4S. The fourth-order valence-electron chi connectivity index (χ4n) is 4.89. The van der Waals surface area contributed by atoms with Gasteiger partial charge in [-0.2, -0.15) is 0 Å². The van der Waals surface area contributed by atoms with Crippen LogP contribution >= 0.6 is 46.4 Å². The Labute approximate surface area is 296 Å². The highest BCUT2D eigenvalue weighted by atomic mass is 35.5. The van der Waals surface area contributed by atoms with E-state index in [1.165, 1.54) is 35.2 Å². The molecule has 0 bridgehead atoms. The molecule has 0 aliphatic rings. The summed E-state index contributed by atoms with van der Waals surface area (Å²) >= 11 is 26.0. The van der Waals surface area contributed by atoms with Crippen molar-refractivity contribution in [1.82, 2.24) is 10.2 Å². The van der Waals surface area contributed by atoms with Crippen LogP contribution in [0.5, 0.6) is 0 Å². The number of hydrogen-bond acceptors (Lipinski definition) is 4. The van der Waals surface area contributed by atoms with Crippen molar-refractivity contribution < 1.29 is 18.0 Å². The molecule has 4 aromatic carbocycles. The molecule has 0 saturated heterocycles. The Hall–Kier alpha value is -3.27. The highest BCUT2D eigenvalue weighted by Gasteiger charge is 2.36. The zero-order valence-corrected chi connectivity index (χ0v) is 30.1. The van der Waals surface area contributed by atoms with Crippen LogP contribution in [0.1, 0.15) is 37.5 Å². The van der Waals surface area contributed by atoms with Gasteiger partial charge in [0.15, 0.2) is 0 Å². The molecule has 0 unspecified atom stereocenters. The Morgan fingerprint density at radius 3 is 2.02 bits per heavy atom. The minimum Gasteiger partial charge on any atom is -0.350 e. The first kappa shape index (κ1) is 36.6. The summed E-state index contributed by atoms with van der Waals surface area (Å²) in [6, 6.07) is 23.6. The first-order valence-electron chi connectivity index (χ1n) is 14.7. The Balaban J connectivity index is 1.88. The van der Waals surface area contributed by atoms with E-state index in [0.29, 0.717) is 5.56 Å². The fraction of sp³-hybridized carbons (Fsp3) is 0.257. The number of aryl methyl sites for hydroxylation is 1. The molecule has 2 amide bonds. The maximum atomic E-state index is 14.7. The van der Waals surface area contributed by atoms with Gasteiger partial charge in [0.25, 0.3) is 10.0 Å². The third kappa shape index (κ3) is 9.42. The minimum atomic E-state index is -4.37. The van der Waals surface area contributed by atoms with Crippen molar-refractivity contribution in [2.75, 3.05) is 10.8 Å². The number of nitrogens with zero attached hydrogens (tertiary/aromatic N) is 2. The molecule has 0 fully saturated rings. The molecule has 0 saturated carbocycles. The standard InChI is InChI=1S/C35H35Cl4N3O4S/c1-23-13-16-26(17-14-23)47(45,46)42(31-20-25(36)15-18-30(31)39)22-33(43)41(21-27-28(37)11-8-12-29(27)38)32(34(44)40-35(2,3)4)19-24-9-6-5-7-10-24/h5-18,20,32H,19,21-22H2,1-4H3,(H,40,44)/t32-/m0/s1. The first-order valence-corrected chi connectivity index (χ1v) is 17.6. The van der Waals surface area contributed by atoms with Crippen LogP contribution in [0.3, 0.4) is 0 Å². The van der Waals surface area contributed by atoms with E-state index < -0.39 is 40.0 Å². The summed E-state index contributed by atoms with van der Waals surface area (Å²) in [4.78, 5) is 30.0. The lowest BCUT2D eigenvalue weighted by molar-refractivity contribution is -0.140. The van der Waals surface area contributed by atoms with Gasteiger partial charge in [-0.15, -0.1) is 0 Å². The molecule has 0 aliphatic heterocycles. The number of rotatable bonds is 11. The molecule has 47 heavy (non-hydrogen) atoms. The third-order valence-corrected chi connectivity index (χ3v) is 10.3. The lowest BCUT2D eigenvalue weighted by Gasteiger charge is -2.35. The summed E-state index contributed by atoms with van der Waals surface area (Å²) in [5.74, 6) is -1.13. The number of sulfonamides is 1. The van der Waals surface area contributed by atoms with E-state index in [1.54, 1.807) is 30.3 Å². The third-order valence-electron chi connectivity index (χ3n) is 7.22. The molecule has 4 aromatic rings. The number of hydrogen-bond donors (Lipinski definition) is 1. The van der Waals surface area contributed by atoms with E-state index >= 15 is 0 Å². The van der Waals surface area contributed by atoms with Crippen LogP contribution < -0.4 is 9.62 Å². The second-order valence-electron chi connectivity index (χ2n) is 12.1. The fourth-order valence-corrected chi connectivity index (χ4v) is 7.27. The maximum Gasteiger partial charge on any atom is 0.264 e. The molecule has 1 N–H and O–H groups in total. The lowest BCUT2D eigenvalue weighted by atomic mass is 10.0. The van der Waals surface area contributed by atoms with E-state index in [4.69, 9.17) is 46.4 Å². The van der Waals surface area contributed by atoms with Gasteiger partial charge < -0.3 is 10.2 Å². The predicted octanol–water partition coefficient (Wildman–Crippen LogP) is 8.36. The summed E-state index contributed by atoms with van der Waals surface area (Å²) < 4.78 is 29.4. The van der Waals surface area contributed by atoms with Crippen molar-refractivity contribution in [3.63, 3.8) is 0 Å². The highest BCUT2D eigenvalue weighted by molar-refractivity contribution is 7.92. The smallest absolute Gasteiger partial charge is 0.264 e. The van der Waals surface area contributed by atoms with Gasteiger partial charge >= 0.3 is 0 Å². The second kappa shape index (κ2) is 15.3. The van der Waals surface area contributed by atoms with E-state index in [9.17, 15) is 18.0 Å². The van der Waals surface area contributed by atoms with Crippen LogP contribution in [0.25, 0.3) is 0 Å². The molecule has 0 radical (unpaired) electrons. The number of anilines is 1. The summed E-state index contributed by atoms with van der Waals surface area (Å²) in [6.07, 6.45) is 0.124. The van der Waals surface area contributed by atoms with Crippen LogP contribution in [0.2, 0.25) is 20.1 Å². The van der Waals surface area contributed by atoms with Crippen molar-refractivity contribution in [1.29, 1.82) is 0 Å². The van der Waals surface area contributed by atoms with Crippen molar-refractivity contribution in [3.05, 3.63) is 128 Å². The first-order chi connectivity index (χ1) is 22.1. The maximum absolute atomic E-state index is 14.7. The Morgan fingerprint density at radius 2 is 1.43 bits per heavy atom. The Morgan fingerprint density at radius 1 is 0.809 bits per heavy atom. The van der Waals surface area contributed by atoms with Crippen molar-refractivity contribution in [2.24, 2.45) is 0 Å². The zero-order valence-electron chi connectivity index (χ0n) is 26.3. The Bertz CT molecular complexity index is 1830. The topological polar surface area (TPSA) is 86.8 Å². The number of halogens is 4. The van der Waals surface area contributed by atoms with Gasteiger partial charge in [-0.05, 0) is 75.7 Å². The van der Waals surface area contributed by atoms with Crippen LogP contribution in [0, 0.1) is 6.92 Å². The van der Waals surface area contributed by atoms with Gasteiger partial charge in [-0.1, -0.05) is 100 Å². The van der Waals surface area contributed by atoms with Gasteiger partial charge in [0.2, 0.25) is 11.8 Å². The molecular weight excluding hydrogens is 700 g/mol. The molecule has 0 spiro atoms. The summed E-state index contributed by atoms with van der Waals surface area (Å²) in [5, 5.41) is 3.83. The van der Waals surface area contributed by atoms with E-state index in [0.717, 1.165) is 15.4 Å². The van der Waals surface area contributed by atoms with Gasteiger partial charge in [0.1, 0.15) is 12.6 Å². The Kier molecular flexibility index (Phi) is 11.9. The van der Waals surface area contributed by atoms with Crippen molar-refractivity contribution in [3.8, 4) is 0 Å². The average Bonchev–Trinajstić information content (AvgIpc) is 3.00. The molecule has 248 valence electrons. The van der Waals surface area contributed by atoms with E-state index in [2.05, 4.69) is 5.32 Å². The number of carbonyl (C=O) groups excluding carboxylic acids is 2. The summed E-state index contributed by atoms with van der Waals surface area (Å²) in [7, 11) is -4.37. The average molecular weight is 736 g/mol. The van der Waals surface area contributed by atoms with Gasteiger partial charge in [0, 0.05) is 39.1 Å². The van der Waals surface area contributed by atoms with Crippen LogP contribution in [-0.4, -0.2) is 43.3 Å².